The van der Waals surface area contributed by atoms with E-state index in [0.717, 1.165) is 10.2 Å². The molecule has 25 heavy (non-hydrogen) atoms. The molecule has 0 unspecified atom stereocenters. The molecule has 2 N–H and O–H groups in total. The van der Waals surface area contributed by atoms with Gasteiger partial charge < -0.3 is 15.4 Å². The van der Waals surface area contributed by atoms with Gasteiger partial charge in [0.2, 0.25) is 0 Å². The van der Waals surface area contributed by atoms with Gasteiger partial charge in [-0.3, -0.25) is 4.79 Å². The molecule has 1 aromatic heterocycles. The number of amides is 1. The van der Waals surface area contributed by atoms with Crippen LogP contribution >= 0.6 is 15.9 Å². The second-order valence-corrected chi connectivity index (χ2v) is 6.05. The van der Waals surface area contributed by atoms with Crippen LogP contribution in [0.2, 0.25) is 0 Å². The number of methoxy groups -OCH3 is 1. The minimum Gasteiger partial charge on any atom is -0.495 e. The van der Waals surface area contributed by atoms with Gasteiger partial charge in [-0.25, -0.2) is 4.98 Å². The third kappa shape index (κ3) is 4.16. The highest BCUT2D eigenvalue weighted by Gasteiger charge is 2.10. The summed E-state index contributed by atoms with van der Waals surface area (Å²) in [5.74, 6) is 1.02. The molecule has 0 aliphatic heterocycles. The molecule has 0 saturated carbocycles. The van der Waals surface area contributed by atoms with Crippen LogP contribution in [-0.4, -0.2) is 18.0 Å². The van der Waals surface area contributed by atoms with Gasteiger partial charge in [0.25, 0.3) is 5.91 Å². The number of nitrogens with one attached hydrogen (secondary N) is 2. The molecule has 3 rings (SSSR count). The van der Waals surface area contributed by atoms with Crippen LogP contribution in [0.5, 0.6) is 5.75 Å². The summed E-state index contributed by atoms with van der Waals surface area (Å²) in [6, 6.07) is 18.5. The summed E-state index contributed by atoms with van der Waals surface area (Å²) >= 11 is 3.48. The molecule has 0 spiro atoms. The first-order valence-corrected chi connectivity index (χ1v) is 8.38. The number of pyridine rings is 1. The van der Waals surface area contributed by atoms with Crippen LogP contribution in [0.1, 0.15) is 10.4 Å². The molecule has 0 saturated heterocycles. The predicted octanol–water partition coefficient (Wildman–Crippen LogP) is 4.85. The van der Waals surface area contributed by atoms with Crippen molar-refractivity contribution in [2.45, 2.75) is 0 Å². The number of carbonyl (C=O) groups is 1. The predicted molar refractivity (Wildman–Crippen MR) is 103 cm³/mol. The molecule has 0 aliphatic rings. The largest absolute Gasteiger partial charge is 0.495 e. The Morgan fingerprint density at radius 3 is 2.40 bits per heavy atom. The Hall–Kier alpha value is -2.86. The van der Waals surface area contributed by atoms with Crippen LogP contribution in [0, 0.1) is 0 Å². The summed E-state index contributed by atoms with van der Waals surface area (Å²) in [5.41, 5.74) is 1.98. The maximum atomic E-state index is 12.4. The van der Waals surface area contributed by atoms with Gasteiger partial charge in [-0.15, -0.1) is 0 Å². The Kier molecular flexibility index (Phi) is 5.30. The first kappa shape index (κ1) is 17.0. The van der Waals surface area contributed by atoms with Crippen molar-refractivity contribution in [3.8, 4) is 5.75 Å². The standard InChI is InChI=1S/C19H16BrN3O2/c1-25-17-9-5-4-8-16(17)23-19(24)13-10-11-18(21-12-13)22-15-7-3-2-6-14(15)20/h2-12H,1H3,(H,21,22)(H,23,24). The van der Waals surface area contributed by atoms with Crippen LogP contribution in [0.4, 0.5) is 17.2 Å². The number of hydrogen-bond acceptors (Lipinski definition) is 4. The zero-order valence-electron chi connectivity index (χ0n) is 13.5. The molecular weight excluding hydrogens is 382 g/mol. The smallest absolute Gasteiger partial charge is 0.257 e. The summed E-state index contributed by atoms with van der Waals surface area (Å²) in [7, 11) is 1.56. The van der Waals surface area contributed by atoms with E-state index in [0.29, 0.717) is 22.8 Å². The van der Waals surface area contributed by atoms with E-state index in [2.05, 4.69) is 31.5 Å². The Labute approximate surface area is 154 Å². The average molecular weight is 398 g/mol. The minimum atomic E-state index is -0.246. The second-order valence-electron chi connectivity index (χ2n) is 5.19. The van der Waals surface area contributed by atoms with Gasteiger partial charge in [0, 0.05) is 10.7 Å². The highest BCUT2D eigenvalue weighted by atomic mass is 79.9. The number of nitrogens with zero attached hydrogens (tertiary/aromatic N) is 1. The van der Waals surface area contributed by atoms with E-state index >= 15 is 0 Å². The Morgan fingerprint density at radius 1 is 1.00 bits per heavy atom. The third-order valence-corrected chi connectivity index (χ3v) is 4.21. The molecule has 126 valence electrons. The second kappa shape index (κ2) is 7.81. The Balaban J connectivity index is 1.71. The van der Waals surface area contributed by atoms with E-state index in [1.54, 1.807) is 31.4 Å². The van der Waals surface area contributed by atoms with E-state index in [4.69, 9.17) is 4.74 Å². The SMILES string of the molecule is COc1ccccc1NC(=O)c1ccc(Nc2ccccc2Br)nc1. The van der Waals surface area contributed by atoms with Gasteiger partial charge in [0.1, 0.15) is 11.6 Å². The highest BCUT2D eigenvalue weighted by molar-refractivity contribution is 9.10. The van der Waals surface area contributed by atoms with Crippen LogP contribution in [-0.2, 0) is 0 Å². The Morgan fingerprint density at radius 2 is 1.72 bits per heavy atom. The number of halogens is 1. The van der Waals surface area contributed by atoms with Crippen molar-refractivity contribution < 1.29 is 9.53 Å². The molecule has 0 radical (unpaired) electrons. The van der Waals surface area contributed by atoms with E-state index in [1.165, 1.54) is 6.20 Å². The van der Waals surface area contributed by atoms with Crippen LogP contribution in [0.15, 0.2) is 71.3 Å². The van der Waals surface area contributed by atoms with Gasteiger partial charge in [-0.2, -0.15) is 0 Å². The van der Waals surface area contributed by atoms with Crippen molar-refractivity contribution in [1.29, 1.82) is 0 Å². The van der Waals surface area contributed by atoms with Gasteiger partial charge >= 0.3 is 0 Å². The van der Waals surface area contributed by atoms with Crippen molar-refractivity contribution in [3.63, 3.8) is 0 Å². The molecule has 0 bridgehead atoms. The van der Waals surface area contributed by atoms with Gasteiger partial charge in [-0.05, 0) is 52.3 Å². The monoisotopic (exact) mass is 397 g/mol. The lowest BCUT2D eigenvalue weighted by Gasteiger charge is -2.10. The fourth-order valence-corrected chi connectivity index (χ4v) is 2.63. The zero-order chi connectivity index (χ0) is 17.6. The van der Waals surface area contributed by atoms with Gasteiger partial charge in [0.05, 0.1) is 24.0 Å². The molecule has 5 nitrogen and oxygen atoms in total. The number of aromatic nitrogens is 1. The Bertz CT molecular complexity index is 882. The number of carbonyl (C=O) groups excluding carboxylic acids is 1. The summed E-state index contributed by atoms with van der Waals surface area (Å²) in [6.45, 7) is 0. The van der Waals surface area contributed by atoms with Crippen molar-refractivity contribution in [2.75, 3.05) is 17.7 Å². The molecule has 3 aromatic rings. The lowest BCUT2D eigenvalue weighted by Crippen LogP contribution is -2.13. The number of anilines is 3. The molecular formula is C19H16BrN3O2. The average Bonchev–Trinajstić information content (AvgIpc) is 2.64. The molecule has 1 amide bonds. The van der Waals surface area contributed by atoms with E-state index in [1.807, 2.05) is 36.4 Å². The molecule has 6 heteroatoms. The maximum absolute atomic E-state index is 12.4. The fourth-order valence-electron chi connectivity index (χ4n) is 2.25. The topological polar surface area (TPSA) is 63.2 Å². The molecule has 2 aromatic carbocycles. The van der Waals surface area contributed by atoms with E-state index in [9.17, 15) is 4.79 Å². The van der Waals surface area contributed by atoms with Crippen LogP contribution in [0.25, 0.3) is 0 Å². The summed E-state index contributed by atoms with van der Waals surface area (Å²) < 4.78 is 6.17. The van der Waals surface area contributed by atoms with Gasteiger partial charge in [-0.1, -0.05) is 24.3 Å². The summed E-state index contributed by atoms with van der Waals surface area (Å²) in [4.78, 5) is 16.7. The zero-order valence-corrected chi connectivity index (χ0v) is 15.1. The van der Waals surface area contributed by atoms with Crippen molar-refractivity contribution in [2.24, 2.45) is 0 Å². The number of benzene rings is 2. The number of hydrogen-bond donors (Lipinski definition) is 2. The molecule has 0 atom stereocenters. The van der Waals surface area contributed by atoms with E-state index < -0.39 is 0 Å². The highest BCUT2D eigenvalue weighted by Crippen LogP contribution is 2.25. The van der Waals surface area contributed by atoms with Crippen molar-refractivity contribution in [3.05, 3.63) is 76.9 Å². The first-order valence-electron chi connectivity index (χ1n) is 7.59. The first-order chi connectivity index (χ1) is 12.2. The number of ether oxygens (including phenoxy) is 1. The third-order valence-electron chi connectivity index (χ3n) is 3.52. The summed E-state index contributed by atoms with van der Waals surface area (Å²) in [5, 5.41) is 6.02. The molecule has 0 aliphatic carbocycles. The quantitative estimate of drug-likeness (QED) is 0.645. The van der Waals surface area contributed by atoms with Crippen molar-refractivity contribution >= 4 is 39.0 Å². The molecule has 1 heterocycles. The van der Waals surface area contributed by atoms with Crippen molar-refractivity contribution in [1.82, 2.24) is 4.98 Å². The van der Waals surface area contributed by atoms with Crippen LogP contribution < -0.4 is 15.4 Å². The lowest BCUT2D eigenvalue weighted by atomic mass is 10.2. The minimum absolute atomic E-state index is 0.246. The lowest BCUT2D eigenvalue weighted by molar-refractivity contribution is 0.102. The fraction of sp³-hybridized carbons (Fsp3) is 0.0526. The van der Waals surface area contributed by atoms with E-state index in [-0.39, 0.29) is 5.91 Å². The normalized spacial score (nSPS) is 10.2. The number of rotatable bonds is 5. The van der Waals surface area contributed by atoms with Gasteiger partial charge in [0.15, 0.2) is 0 Å². The summed E-state index contributed by atoms with van der Waals surface area (Å²) in [6.07, 6.45) is 1.53. The number of para-hydroxylation sites is 3. The maximum Gasteiger partial charge on any atom is 0.257 e. The van der Waals surface area contributed by atoms with Crippen LogP contribution in [0.3, 0.4) is 0 Å². The molecule has 0 fully saturated rings.